The van der Waals surface area contributed by atoms with Crippen LogP contribution >= 0.6 is 12.2 Å². The van der Waals surface area contributed by atoms with Gasteiger partial charge in [-0.05, 0) is 59.2 Å². The number of ether oxygens (including phenoxy) is 2. The van der Waals surface area contributed by atoms with Crippen molar-refractivity contribution in [3.8, 4) is 11.5 Å². The lowest BCUT2D eigenvalue weighted by Gasteiger charge is -2.28. The molecule has 0 aromatic heterocycles. The molecule has 2 amide bonds. The molecule has 1 heterocycles. The Kier molecular flexibility index (Phi) is 6.88. The van der Waals surface area contributed by atoms with Gasteiger partial charge in [0.15, 0.2) is 16.6 Å². The number of carbonyl (C=O) groups excluding carboxylic acids is 3. The first-order chi connectivity index (χ1) is 16.9. The molecule has 1 fully saturated rings. The molecular weight excluding hydrogens is 468 g/mol. The third kappa shape index (κ3) is 5.20. The second-order valence-corrected chi connectivity index (χ2v) is 7.86. The van der Waals surface area contributed by atoms with Crippen molar-refractivity contribution >= 4 is 46.9 Å². The van der Waals surface area contributed by atoms with E-state index in [0.29, 0.717) is 22.7 Å². The van der Waals surface area contributed by atoms with Crippen LogP contribution in [-0.4, -0.2) is 30.0 Å². The van der Waals surface area contributed by atoms with E-state index in [2.05, 4.69) is 5.32 Å². The lowest BCUT2D eigenvalue weighted by molar-refractivity contribution is -0.255. The van der Waals surface area contributed by atoms with E-state index in [1.807, 2.05) is 6.07 Å². The maximum atomic E-state index is 13.1. The van der Waals surface area contributed by atoms with E-state index in [4.69, 9.17) is 21.7 Å². The van der Waals surface area contributed by atoms with Gasteiger partial charge >= 0.3 is 0 Å². The number of methoxy groups -OCH3 is 1. The minimum absolute atomic E-state index is 0.0114. The molecule has 1 aliphatic heterocycles. The quantitative estimate of drug-likeness (QED) is 0.310. The number of nitrogens with one attached hydrogen (secondary N) is 1. The van der Waals surface area contributed by atoms with Crippen molar-refractivity contribution in [2.75, 3.05) is 12.0 Å². The van der Waals surface area contributed by atoms with Gasteiger partial charge < -0.3 is 19.4 Å². The highest BCUT2D eigenvalue weighted by Crippen LogP contribution is 2.30. The Labute approximate surface area is 206 Å². The van der Waals surface area contributed by atoms with Crippen LogP contribution in [0.4, 0.5) is 5.69 Å². The van der Waals surface area contributed by atoms with Crippen LogP contribution in [0.15, 0.2) is 78.4 Å². The third-order valence-corrected chi connectivity index (χ3v) is 5.48. The summed E-state index contributed by atoms with van der Waals surface area (Å²) < 4.78 is 11.2. The van der Waals surface area contributed by atoms with Gasteiger partial charge in [-0.1, -0.05) is 48.5 Å². The molecule has 0 bridgehead atoms. The Morgan fingerprint density at radius 1 is 1.03 bits per heavy atom. The highest BCUT2D eigenvalue weighted by atomic mass is 32.1. The minimum Gasteiger partial charge on any atom is -0.545 e. The Bertz CT molecular complexity index is 1340. The molecular formula is C26H19N2O6S-. The van der Waals surface area contributed by atoms with Gasteiger partial charge in [0.25, 0.3) is 11.8 Å². The first-order valence-electron chi connectivity index (χ1n) is 10.4. The zero-order valence-electron chi connectivity index (χ0n) is 18.5. The predicted molar refractivity (Wildman–Crippen MR) is 131 cm³/mol. The molecule has 1 saturated heterocycles. The van der Waals surface area contributed by atoms with E-state index in [0.717, 1.165) is 5.56 Å². The molecule has 0 atom stereocenters. The monoisotopic (exact) mass is 487 g/mol. The largest absolute Gasteiger partial charge is 0.545 e. The number of hydrogen-bond donors (Lipinski definition) is 1. The van der Waals surface area contributed by atoms with Crippen LogP contribution in [0.2, 0.25) is 0 Å². The smallest absolute Gasteiger partial charge is 0.270 e. The van der Waals surface area contributed by atoms with Crippen molar-refractivity contribution < 1.29 is 29.0 Å². The molecule has 3 aromatic carbocycles. The van der Waals surface area contributed by atoms with Crippen molar-refractivity contribution in [2.24, 2.45) is 0 Å². The average molecular weight is 488 g/mol. The number of carboxylic acids is 1. The number of hydrogen-bond acceptors (Lipinski definition) is 7. The Morgan fingerprint density at radius 2 is 1.74 bits per heavy atom. The van der Waals surface area contributed by atoms with Crippen molar-refractivity contribution in [1.82, 2.24) is 5.32 Å². The predicted octanol–water partition coefficient (Wildman–Crippen LogP) is 2.47. The molecule has 1 N–H and O–H groups in total. The fraction of sp³-hybridized carbons (Fsp3) is 0.0769. The van der Waals surface area contributed by atoms with Crippen LogP contribution in [0.25, 0.3) is 6.08 Å². The van der Waals surface area contributed by atoms with E-state index in [9.17, 15) is 19.5 Å². The number of nitrogens with zero attached hydrogens (tertiary/aromatic N) is 1. The average Bonchev–Trinajstić information content (AvgIpc) is 2.86. The zero-order chi connectivity index (χ0) is 24.9. The number of rotatable bonds is 7. The van der Waals surface area contributed by atoms with Crippen molar-refractivity contribution in [2.45, 2.75) is 6.61 Å². The first-order valence-corrected chi connectivity index (χ1v) is 10.9. The van der Waals surface area contributed by atoms with Gasteiger partial charge in [-0.3, -0.25) is 19.8 Å². The molecule has 9 heteroatoms. The second-order valence-electron chi connectivity index (χ2n) is 7.48. The number of aromatic carboxylic acids is 1. The highest BCUT2D eigenvalue weighted by Gasteiger charge is 2.34. The number of amides is 2. The lowest BCUT2D eigenvalue weighted by Crippen LogP contribution is -2.54. The normalized spacial score (nSPS) is 14.6. The van der Waals surface area contributed by atoms with E-state index >= 15 is 0 Å². The van der Waals surface area contributed by atoms with Gasteiger partial charge in [0.05, 0.1) is 18.8 Å². The van der Waals surface area contributed by atoms with Gasteiger partial charge in [-0.2, -0.15) is 0 Å². The maximum Gasteiger partial charge on any atom is 0.270 e. The van der Waals surface area contributed by atoms with Gasteiger partial charge in [0.2, 0.25) is 0 Å². The third-order valence-electron chi connectivity index (χ3n) is 5.20. The van der Waals surface area contributed by atoms with Crippen LogP contribution in [0.5, 0.6) is 11.5 Å². The van der Waals surface area contributed by atoms with Gasteiger partial charge in [-0.15, -0.1) is 0 Å². The molecule has 4 rings (SSSR count). The molecule has 0 spiro atoms. The van der Waals surface area contributed by atoms with Crippen LogP contribution in [-0.2, 0) is 16.2 Å². The highest BCUT2D eigenvalue weighted by molar-refractivity contribution is 7.80. The lowest BCUT2D eigenvalue weighted by atomic mass is 10.1. The van der Waals surface area contributed by atoms with Gasteiger partial charge in [0, 0.05) is 0 Å². The fourth-order valence-electron chi connectivity index (χ4n) is 3.43. The summed E-state index contributed by atoms with van der Waals surface area (Å²) in [6, 6.07) is 19.9. The number of carboxylic acid groups (broad SMARTS) is 1. The Balaban J connectivity index is 1.55. The summed E-state index contributed by atoms with van der Waals surface area (Å²) >= 11 is 5.20. The van der Waals surface area contributed by atoms with Crippen LogP contribution in [0.3, 0.4) is 0 Å². The molecule has 3 aromatic rings. The van der Waals surface area contributed by atoms with E-state index in [1.54, 1.807) is 54.6 Å². The Morgan fingerprint density at radius 3 is 2.40 bits per heavy atom. The van der Waals surface area contributed by atoms with Crippen LogP contribution < -0.4 is 24.8 Å². The summed E-state index contributed by atoms with van der Waals surface area (Å²) in [5.41, 5.74) is 1.85. The van der Waals surface area contributed by atoms with Crippen molar-refractivity contribution in [3.05, 3.63) is 95.1 Å². The zero-order valence-corrected chi connectivity index (χ0v) is 19.3. The molecule has 0 aliphatic carbocycles. The SMILES string of the molecule is COc1cc(/C=C2/C(=O)NC(=S)N(c3ccccc3)C2=O)ccc1OCc1ccc(C(=O)[O-])cc1. The summed E-state index contributed by atoms with van der Waals surface area (Å²) in [7, 11) is 1.47. The minimum atomic E-state index is -1.25. The van der Waals surface area contributed by atoms with Crippen LogP contribution in [0, 0.1) is 0 Å². The topological polar surface area (TPSA) is 108 Å². The summed E-state index contributed by atoms with van der Waals surface area (Å²) in [5, 5.41) is 13.4. The summed E-state index contributed by atoms with van der Waals surface area (Å²) in [4.78, 5) is 37.8. The molecule has 176 valence electrons. The van der Waals surface area contributed by atoms with Gasteiger partial charge in [0.1, 0.15) is 12.2 Å². The number of anilines is 1. The van der Waals surface area contributed by atoms with E-state index in [1.165, 1.54) is 30.2 Å². The van der Waals surface area contributed by atoms with E-state index < -0.39 is 17.8 Å². The Hall–Kier alpha value is -4.50. The number of carbonyl (C=O) groups is 3. The molecule has 35 heavy (non-hydrogen) atoms. The molecule has 8 nitrogen and oxygen atoms in total. The van der Waals surface area contributed by atoms with Crippen LogP contribution in [0.1, 0.15) is 21.5 Å². The summed E-state index contributed by atoms with van der Waals surface area (Å²) in [5.74, 6) is -1.55. The van der Waals surface area contributed by atoms with E-state index in [-0.39, 0.29) is 22.9 Å². The first kappa shape index (κ1) is 23.7. The van der Waals surface area contributed by atoms with Crippen molar-refractivity contribution in [3.63, 3.8) is 0 Å². The number of thiocarbonyl (C=S) groups is 1. The fourth-order valence-corrected chi connectivity index (χ4v) is 3.71. The number of benzene rings is 3. The summed E-state index contributed by atoms with van der Waals surface area (Å²) in [6.45, 7) is 0.175. The van der Waals surface area contributed by atoms with Gasteiger partial charge in [-0.25, -0.2) is 0 Å². The summed E-state index contributed by atoms with van der Waals surface area (Å²) in [6.07, 6.45) is 1.46. The maximum absolute atomic E-state index is 13.1. The molecule has 0 saturated carbocycles. The molecule has 1 aliphatic rings. The standard InChI is InChI=1S/C26H20N2O6S/c1-33-22-14-17(9-12-21(22)34-15-16-7-10-18(11-8-16)25(31)32)13-20-23(29)27-26(35)28(24(20)30)19-5-3-2-4-6-19/h2-14H,15H2,1H3,(H,31,32)(H,27,29,35)/p-1/b20-13-. The molecule has 0 radical (unpaired) electrons. The van der Waals surface area contributed by atoms with Crippen molar-refractivity contribution in [1.29, 1.82) is 0 Å². The molecule has 0 unspecified atom stereocenters. The second kappa shape index (κ2) is 10.2. The number of para-hydroxylation sites is 1.